The Balaban J connectivity index is 1.02. The molecule has 5 heterocycles. The van der Waals surface area contributed by atoms with E-state index in [4.69, 9.17) is 0 Å². The molecule has 0 unspecified atom stereocenters. The number of fused-ring (bicyclic) bond motifs is 13. The van der Waals surface area contributed by atoms with Gasteiger partial charge < -0.3 is 18.8 Å². The second-order valence-corrected chi connectivity index (χ2v) is 20.8. The Morgan fingerprint density at radius 2 is 0.675 bits per heavy atom. The van der Waals surface area contributed by atoms with E-state index < -0.39 is 0 Å². The zero-order chi connectivity index (χ0) is 50.3. The lowest BCUT2D eigenvalue weighted by molar-refractivity contribution is 1.16. The van der Waals surface area contributed by atoms with Gasteiger partial charge in [-0.3, -0.25) is 0 Å². The first kappa shape index (κ1) is 42.3. The van der Waals surface area contributed by atoms with E-state index >= 15 is 0 Å². The van der Waals surface area contributed by atoms with Crippen LogP contribution in [0.2, 0.25) is 0 Å². The molecular weight excluding hydrogens is 932 g/mol. The van der Waals surface area contributed by atoms with Crippen molar-refractivity contribution in [1.82, 2.24) is 8.97 Å². The summed E-state index contributed by atoms with van der Waals surface area (Å²) in [7, 11) is 0. The fourth-order valence-corrected chi connectivity index (χ4v) is 13.5. The molecule has 0 fully saturated rings. The van der Waals surface area contributed by atoms with Crippen LogP contribution in [0.15, 0.2) is 273 Å². The summed E-state index contributed by atoms with van der Waals surface area (Å²) in [4.78, 5) is 5.14. The van der Waals surface area contributed by atoms with Gasteiger partial charge in [0.25, 0.3) is 6.71 Å². The SMILES string of the molecule is c1ccc(-c2ccc(N3c4ccc(-c5ccccc5)cc4B4c5cc6c7cccc8c9ccccc9n(c6cc5N(c5ccc(-c6ccccc6)cc5)c5cc(-n6c9ccccc9c9ccccc96)cc3c54)c87)cc2)cc1. The molecular formula is C72H45BN4. The van der Waals surface area contributed by atoms with Gasteiger partial charge in [0.1, 0.15) is 0 Å². The first-order valence-corrected chi connectivity index (χ1v) is 26.7. The van der Waals surface area contributed by atoms with Gasteiger partial charge in [-0.15, -0.1) is 0 Å². The van der Waals surface area contributed by atoms with Crippen molar-refractivity contribution in [3.05, 3.63) is 273 Å². The van der Waals surface area contributed by atoms with E-state index in [2.05, 4.69) is 292 Å². The van der Waals surface area contributed by atoms with Crippen LogP contribution in [-0.2, 0) is 0 Å². The molecule has 0 bridgehead atoms. The van der Waals surface area contributed by atoms with Crippen LogP contribution in [0, 0.1) is 0 Å². The molecule has 0 radical (unpaired) electrons. The van der Waals surface area contributed by atoms with Crippen LogP contribution in [0.5, 0.6) is 0 Å². The molecule has 4 nitrogen and oxygen atoms in total. The van der Waals surface area contributed by atoms with Crippen LogP contribution in [0.3, 0.4) is 0 Å². The predicted octanol–water partition coefficient (Wildman–Crippen LogP) is 17.0. The maximum Gasteiger partial charge on any atom is 0.252 e. The summed E-state index contributed by atoms with van der Waals surface area (Å²) in [5.41, 5.74) is 25.0. The van der Waals surface area contributed by atoms with E-state index in [1.807, 2.05) is 0 Å². The van der Waals surface area contributed by atoms with Crippen LogP contribution in [0.25, 0.3) is 99.0 Å². The van der Waals surface area contributed by atoms with Crippen molar-refractivity contribution in [2.24, 2.45) is 0 Å². The molecule has 0 amide bonds. The van der Waals surface area contributed by atoms with Gasteiger partial charge in [-0.1, -0.05) is 206 Å². The van der Waals surface area contributed by atoms with Crippen LogP contribution < -0.4 is 26.2 Å². The van der Waals surface area contributed by atoms with E-state index in [0.29, 0.717) is 0 Å². The van der Waals surface area contributed by atoms with Crippen molar-refractivity contribution in [3.63, 3.8) is 0 Å². The fraction of sp³-hybridized carbons (Fsp3) is 0. The Morgan fingerprint density at radius 3 is 1.25 bits per heavy atom. The van der Waals surface area contributed by atoms with E-state index in [1.54, 1.807) is 0 Å². The Hall–Kier alpha value is -10.1. The summed E-state index contributed by atoms with van der Waals surface area (Å²) in [5.74, 6) is 0. The molecule has 5 heteroatoms. The second kappa shape index (κ2) is 16.2. The Kier molecular flexibility index (Phi) is 8.90. The molecule has 2 aliphatic rings. The molecule has 0 saturated carbocycles. The van der Waals surface area contributed by atoms with Crippen LogP contribution in [0.4, 0.5) is 34.1 Å². The number of hydrogen-bond donors (Lipinski definition) is 0. The van der Waals surface area contributed by atoms with Gasteiger partial charge >= 0.3 is 0 Å². The molecule has 0 saturated heterocycles. The van der Waals surface area contributed by atoms with Crippen molar-refractivity contribution in [1.29, 1.82) is 0 Å². The zero-order valence-electron chi connectivity index (χ0n) is 41.8. The van der Waals surface area contributed by atoms with E-state index in [9.17, 15) is 0 Å². The lowest BCUT2D eigenvalue weighted by Crippen LogP contribution is -2.61. The molecule has 12 aromatic carbocycles. The van der Waals surface area contributed by atoms with Crippen LogP contribution in [-0.4, -0.2) is 15.7 Å². The lowest BCUT2D eigenvalue weighted by atomic mass is 9.33. The number of para-hydroxylation sites is 4. The zero-order valence-corrected chi connectivity index (χ0v) is 41.8. The second-order valence-electron chi connectivity index (χ2n) is 20.8. The maximum atomic E-state index is 2.59. The topological polar surface area (TPSA) is 15.8 Å². The van der Waals surface area contributed by atoms with Gasteiger partial charge in [0.15, 0.2) is 0 Å². The third-order valence-electron chi connectivity index (χ3n) is 16.8. The first-order chi connectivity index (χ1) is 38.2. The van der Waals surface area contributed by atoms with Crippen LogP contribution >= 0.6 is 0 Å². The minimum atomic E-state index is -0.123. The summed E-state index contributed by atoms with van der Waals surface area (Å²) < 4.78 is 5.03. The highest BCUT2D eigenvalue weighted by atomic mass is 15.2. The number of rotatable bonds is 6. The van der Waals surface area contributed by atoms with Crippen molar-refractivity contribution < 1.29 is 0 Å². The van der Waals surface area contributed by atoms with Crippen molar-refractivity contribution in [3.8, 4) is 39.1 Å². The summed E-state index contributed by atoms with van der Waals surface area (Å²) >= 11 is 0. The number of benzene rings is 12. The predicted molar refractivity (Wildman–Crippen MR) is 326 cm³/mol. The van der Waals surface area contributed by atoms with Gasteiger partial charge in [0.05, 0.1) is 33.3 Å². The number of aromatic nitrogens is 2. The molecule has 0 spiro atoms. The summed E-state index contributed by atoms with van der Waals surface area (Å²) in [6, 6.07) is 102. The average molecular weight is 977 g/mol. The van der Waals surface area contributed by atoms with Gasteiger partial charge in [0.2, 0.25) is 0 Å². The number of nitrogens with zero attached hydrogens (tertiary/aromatic N) is 4. The summed E-state index contributed by atoms with van der Waals surface area (Å²) in [5, 5.41) is 7.57. The van der Waals surface area contributed by atoms with Gasteiger partial charge in [-0.2, -0.15) is 0 Å². The van der Waals surface area contributed by atoms with E-state index in [-0.39, 0.29) is 6.71 Å². The summed E-state index contributed by atoms with van der Waals surface area (Å²) in [6.45, 7) is -0.123. The summed E-state index contributed by atoms with van der Waals surface area (Å²) in [6.07, 6.45) is 0. The largest absolute Gasteiger partial charge is 0.311 e. The molecule has 0 aliphatic carbocycles. The Labute approximate surface area is 445 Å². The van der Waals surface area contributed by atoms with Gasteiger partial charge in [-0.25, -0.2) is 0 Å². The minimum absolute atomic E-state index is 0.123. The quantitative estimate of drug-likeness (QED) is 0.154. The highest BCUT2D eigenvalue weighted by Gasteiger charge is 2.44. The first-order valence-electron chi connectivity index (χ1n) is 26.7. The third-order valence-corrected chi connectivity index (χ3v) is 16.8. The third kappa shape index (κ3) is 6.11. The highest BCUT2D eigenvalue weighted by Crippen LogP contribution is 2.49. The maximum absolute atomic E-state index is 2.59. The number of hydrogen-bond acceptors (Lipinski definition) is 2. The van der Waals surface area contributed by atoms with Crippen molar-refractivity contribution >= 4 is 117 Å². The van der Waals surface area contributed by atoms with Crippen molar-refractivity contribution in [2.75, 3.05) is 9.80 Å². The fourth-order valence-electron chi connectivity index (χ4n) is 13.5. The Bertz CT molecular complexity index is 4800. The van der Waals surface area contributed by atoms with Gasteiger partial charge in [-0.05, 0) is 116 Å². The lowest BCUT2D eigenvalue weighted by Gasteiger charge is -2.44. The average Bonchev–Trinajstić information content (AvgIpc) is 4.27. The molecule has 3 aromatic heterocycles. The monoisotopic (exact) mass is 976 g/mol. The molecule has 17 rings (SSSR count). The van der Waals surface area contributed by atoms with Crippen LogP contribution in [0.1, 0.15) is 0 Å². The molecule has 356 valence electrons. The molecule has 15 aromatic rings. The highest BCUT2D eigenvalue weighted by molar-refractivity contribution is 7.00. The van der Waals surface area contributed by atoms with Crippen molar-refractivity contribution in [2.45, 2.75) is 0 Å². The normalized spacial score (nSPS) is 12.9. The van der Waals surface area contributed by atoms with E-state index in [0.717, 1.165) is 28.4 Å². The standard InChI is InChI=1S/C72H45BN4/c1-4-17-46(18-5-1)49-31-36-52(37-32-49)74-66-40-35-51(48-21-8-3-9-22-48)41-61(66)73-62-44-60-59-27-16-26-58-57-25-12-15-30-65(57)77(72(58)59)67(60)45-68(62)75(53-38-33-50(34-39-53)47-19-6-2-7-20-47)70-43-54(42-69(74)71(70)73)76-63-28-13-10-23-55(63)56-24-11-14-29-64(56)76/h1-45H. The minimum Gasteiger partial charge on any atom is -0.311 e. The smallest absolute Gasteiger partial charge is 0.252 e. The number of anilines is 6. The Morgan fingerprint density at radius 1 is 0.247 bits per heavy atom. The molecule has 0 N–H and O–H groups in total. The molecule has 2 aliphatic heterocycles. The molecule has 0 atom stereocenters. The van der Waals surface area contributed by atoms with Gasteiger partial charge in [0, 0.05) is 66.4 Å². The molecule has 77 heavy (non-hydrogen) atoms. The van der Waals surface area contributed by atoms with E-state index in [1.165, 1.54) is 121 Å².